The van der Waals surface area contributed by atoms with Gasteiger partial charge in [0.2, 0.25) is 0 Å². The molecule has 3 aromatic rings. The summed E-state index contributed by atoms with van der Waals surface area (Å²) in [6.07, 6.45) is 6.41. The van der Waals surface area contributed by atoms with Crippen molar-refractivity contribution >= 4 is 34.9 Å². The topological polar surface area (TPSA) is 54.0 Å². The second-order valence-electron chi connectivity index (χ2n) is 7.53. The molecule has 0 atom stereocenters. The Morgan fingerprint density at radius 3 is 2.53 bits per heavy atom. The average Bonchev–Trinajstić information content (AvgIpc) is 2.75. The van der Waals surface area contributed by atoms with E-state index >= 15 is 0 Å². The first-order valence-electron chi connectivity index (χ1n) is 10.4. The highest BCUT2D eigenvalue weighted by molar-refractivity contribution is 5.94. The standard InChI is InChI=1S/C24H26FN3O.ClH/c25-18-13-11-17(12-14-18)24(29)27-16-6-5-15-26-23-19-7-1-3-9-21(19)28-22-10-4-2-8-20(22)23;/h1,3,7,9,11-14H,2,4-6,8,10,15-16H2,(H,26,28)(H,27,29);1H. The molecule has 0 aliphatic heterocycles. The van der Waals surface area contributed by atoms with Gasteiger partial charge < -0.3 is 10.6 Å². The maximum Gasteiger partial charge on any atom is 0.251 e. The van der Waals surface area contributed by atoms with Gasteiger partial charge in [-0.05, 0) is 74.4 Å². The first kappa shape index (κ1) is 22.0. The lowest BCUT2D eigenvalue weighted by Crippen LogP contribution is -2.24. The summed E-state index contributed by atoms with van der Waals surface area (Å²) in [7, 11) is 0. The van der Waals surface area contributed by atoms with Crippen LogP contribution in [0, 0.1) is 5.82 Å². The van der Waals surface area contributed by atoms with Crippen molar-refractivity contribution in [1.29, 1.82) is 0 Å². The summed E-state index contributed by atoms with van der Waals surface area (Å²) < 4.78 is 12.9. The number of unbranched alkanes of at least 4 members (excludes halogenated alkanes) is 1. The lowest BCUT2D eigenvalue weighted by Gasteiger charge is -2.21. The predicted molar refractivity (Wildman–Crippen MR) is 122 cm³/mol. The number of hydrogen-bond donors (Lipinski definition) is 2. The van der Waals surface area contributed by atoms with Gasteiger partial charge in [-0.3, -0.25) is 9.78 Å². The van der Waals surface area contributed by atoms with Gasteiger partial charge in [-0.25, -0.2) is 4.39 Å². The van der Waals surface area contributed by atoms with Crippen molar-refractivity contribution in [3.05, 3.63) is 71.2 Å². The molecule has 0 spiro atoms. The molecule has 0 fully saturated rings. The number of para-hydroxylation sites is 1. The maximum absolute atomic E-state index is 12.9. The number of aryl methyl sites for hydroxylation is 1. The molecule has 0 saturated heterocycles. The SMILES string of the molecule is Cl.O=C(NCCCCNc1c2c(nc3ccccc13)CCCC2)c1ccc(F)cc1. The first-order chi connectivity index (χ1) is 14.2. The molecule has 4 nitrogen and oxygen atoms in total. The monoisotopic (exact) mass is 427 g/mol. The van der Waals surface area contributed by atoms with Gasteiger partial charge in [0.1, 0.15) is 5.82 Å². The number of rotatable bonds is 7. The normalized spacial score (nSPS) is 12.7. The number of amides is 1. The van der Waals surface area contributed by atoms with Crippen LogP contribution in [0.1, 0.15) is 47.3 Å². The van der Waals surface area contributed by atoms with Crippen LogP contribution in [0.3, 0.4) is 0 Å². The van der Waals surface area contributed by atoms with E-state index in [1.165, 1.54) is 59.4 Å². The summed E-state index contributed by atoms with van der Waals surface area (Å²) in [5.74, 6) is -0.495. The first-order valence-corrected chi connectivity index (χ1v) is 10.4. The molecular weight excluding hydrogens is 401 g/mol. The minimum Gasteiger partial charge on any atom is -0.384 e. The number of pyridine rings is 1. The summed E-state index contributed by atoms with van der Waals surface area (Å²) in [5.41, 5.74) is 5.39. The number of carbonyl (C=O) groups excluding carboxylic acids is 1. The van der Waals surface area contributed by atoms with Crippen molar-refractivity contribution in [2.75, 3.05) is 18.4 Å². The number of fused-ring (bicyclic) bond motifs is 2. The van der Waals surface area contributed by atoms with Gasteiger partial charge in [0, 0.05) is 35.4 Å². The third kappa shape index (κ3) is 5.08. The molecular formula is C24H27ClFN3O. The zero-order chi connectivity index (χ0) is 20.1. The Morgan fingerprint density at radius 2 is 1.70 bits per heavy atom. The van der Waals surface area contributed by atoms with E-state index in [4.69, 9.17) is 4.98 Å². The number of carbonyl (C=O) groups is 1. The van der Waals surface area contributed by atoms with Gasteiger partial charge in [-0.15, -0.1) is 12.4 Å². The quantitative estimate of drug-likeness (QED) is 0.503. The van der Waals surface area contributed by atoms with Crippen LogP contribution in [0.2, 0.25) is 0 Å². The Morgan fingerprint density at radius 1 is 0.967 bits per heavy atom. The van der Waals surface area contributed by atoms with Crippen molar-refractivity contribution in [3.63, 3.8) is 0 Å². The van der Waals surface area contributed by atoms with Crippen molar-refractivity contribution in [1.82, 2.24) is 10.3 Å². The molecule has 30 heavy (non-hydrogen) atoms. The van der Waals surface area contributed by atoms with E-state index in [1.54, 1.807) is 0 Å². The molecule has 2 N–H and O–H groups in total. The summed E-state index contributed by atoms with van der Waals surface area (Å²) in [6.45, 7) is 1.46. The Bertz CT molecular complexity index is 1010. The third-order valence-electron chi connectivity index (χ3n) is 5.47. The number of benzene rings is 2. The number of halogens is 2. The molecule has 1 aliphatic carbocycles. The lowest BCUT2D eigenvalue weighted by molar-refractivity contribution is 0.0953. The highest BCUT2D eigenvalue weighted by atomic mass is 35.5. The maximum atomic E-state index is 12.9. The van der Waals surface area contributed by atoms with Gasteiger partial charge in [0.25, 0.3) is 5.91 Å². The molecule has 1 aromatic heterocycles. The van der Waals surface area contributed by atoms with Gasteiger partial charge in [-0.1, -0.05) is 18.2 Å². The van der Waals surface area contributed by atoms with E-state index in [0.29, 0.717) is 12.1 Å². The molecule has 1 heterocycles. The molecule has 4 rings (SSSR count). The van der Waals surface area contributed by atoms with Crippen molar-refractivity contribution in [2.24, 2.45) is 0 Å². The zero-order valence-corrected chi connectivity index (χ0v) is 17.7. The number of anilines is 1. The van der Waals surface area contributed by atoms with Gasteiger partial charge >= 0.3 is 0 Å². The van der Waals surface area contributed by atoms with Crippen LogP contribution in [-0.4, -0.2) is 24.0 Å². The third-order valence-corrected chi connectivity index (χ3v) is 5.47. The van der Waals surface area contributed by atoms with E-state index in [0.717, 1.165) is 37.7 Å². The molecule has 6 heteroatoms. The van der Waals surface area contributed by atoms with E-state index < -0.39 is 0 Å². The van der Waals surface area contributed by atoms with Gasteiger partial charge in [0.05, 0.1) is 5.52 Å². The van der Waals surface area contributed by atoms with Crippen LogP contribution in [-0.2, 0) is 12.8 Å². The molecule has 1 aliphatic rings. The number of nitrogens with zero attached hydrogens (tertiary/aromatic N) is 1. The fourth-order valence-electron chi connectivity index (χ4n) is 3.94. The van der Waals surface area contributed by atoms with Crippen LogP contribution in [0.4, 0.5) is 10.1 Å². The Kier molecular flexibility index (Phi) is 7.63. The average molecular weight is 428 g/mol. The Hall–Kier alpha value is -2.66. The van der Waals surface area contributed by atoms with Gasteiger partial charge in [0.15, 0.2) is 0 Å². The number of nitrogens with one attached hydrogen (secondary N) is 2. The molecule has 1 amide bonds. The van der Waals surface area contributed by atoms with Crippen LogP contribution in [0.5, 0.6) is 0 Å². The molecule has 158 valence electrons. The van der Waals surface area contributed by atoms with E-state index in [9.17, 15) is 9.18 Å². The predicted octanol–water partition coefficient (Wildman–Crippen LogP) is 5.30. The van der Waals surface area contributed by atoms with Crippen molar-refractivity contribution in [2.45, 2.75) is 38.5 Å². The van der Waals surface area contributed by atoms with Crippen LogP contribution < -0.4 is 10.6 Å². The number of aromatic nitrogens is 1. The fourth-order valence-corrected chi connectivity index (χ4v) is 3.94. The highest BCUT2D eigenvalue weighted by Crippen LogP contribution is 2.33. The van der Waals surface area contributed by atoms with Crippen LogP contribution in [0.25, 0.3) is 10.9 Å². The number of hydrogen-bond acceptors (Lipinski definition) is 3. The lowest BCUT2D eigenvalue weighted by atomic mass is 9.92. The van der Waals surface area contributed by atoms with E-state index in [2.05, 4.69) is 28.8 Å². The minimum atomic E-state index is -0.335. The summed E-state index contributed by atoms with van der Waals surface area (Å²) >= 11 is 0. The Labute approximate surface area is 182 Å². The van der Waals surface area contributed by atoms with E-state index in [-0.39, 0.29) is 24.1 Å². The fraction of sp³-hybridized carbons (Fsp3) is 0.333. The second-order valence-corrected chi connectivity index (χ2v) is 7.53. The largest absolute Gasteiger partial charge is 0.384 e. The second kappa shape index (κ2) is 10.4. The summed E-state index contributed by atoms with van der Waals surface area (Å²) in [5, 5.41) is 7.74. The molecule has 0 bridgehead atoms. The van der Waals surface area contributed by atoms with Crippen molar-refractivity contribution < 1.29 is 9.18 Å². The van der Waals surface area contributed by atoms with Crippen molar-refractivity contribution in [3.8, 4) is 0 Å². The molecule has 0 saturated carbocycles. The smallest absolute Gasteiger partial charge is 0.251 e. The highest BCUT2D eigenvalue weighted by Gasteiger charge is 2.17. The minimum absolute atomic E-state index is 0. The zero-order valence-electron chi connectivity index (χ0n) is 16.9. The summed E-state index contributed by atoms with van der Waals surface area (Å²) in [4.78, 5) is 16.9. The Balaban J connectivity index is 0.00000256. The van der Waals surface area contributed by atoms with E-state index in [1.807, 2.05) is 6.07 Å². The van der Waals surface area contributed by atoms with Crippen LogP contribution in [0.15, 0.2) is 48.5 Å². The molecule has 0 unspecified atom stereocenters. The molecule has 0 radical (unpaired) electrons. The van der Waals surface area contributed by atoms with Crippen LogP contribution >= 0.6 is 12.4 Å². The molecule has 2 aromatic carbocycles. The summed E-state index contributed by atoms with van der Waals surface area (Å²) in [6, 6.07) is 13.9. The van der Waals surface area contributed by atoms with Gasteiger partial charge in [-0.2, -0.15) is 0 Å².